The highest BCUT2D eigenvalue weighted by Crippen LogP contribution is 2.29. The van der Waals surface area contributed by atoms with Crippen molar-refractivity contribution >= 4 is 16.2 Å². The van der Waals surface area contributed by atoms with Crippen LogP contribution in [0.25, 0.3) is 0 Å². The fraction of sp³-hybridized carbons (Fsp3) is 0.929. The number of piperidine rings is 1. The summed E-state index contributed by atoms with van der Waals surface area (Å²) < 4.78 is 29.0. The summed E-state index contributed by atoms with van der Waals surface area (Å²) in [6.45, 7) is 4.92. The highest BCUT2D eigenvalue weighted by atomic mass is 32.2. The van der Waals surface area contributed by atoms with Gasteiger partial charge in [-0.15, -0.1) is 0 Å². The SMILES string of the molecule is CC1CC(C)CC(NS(=O)(=O)N2CCC(C(=O)O)CC2)C1. The maximum Gasteiger partial charge on any atom is 0.306 e. The molecule has 0 aromatic rings. The van der Waals surface area contributed by atoms with E-state index in [-0.39, 0.29) is 6.04 Å². The predicted molar refractivity (Wildman–Crippen MR) is 80.0 cm³/mol. The maximum atomic E-state index is 12.4. The summed E-state index contributed by atoms with van der Waals surface area (Å²) in [5, 5.41) is 8.96. The molecular formula is C14H26N2O4S. The summed E-state index contributed by atoms with van der Waals surface area (Å²) in [5.41, 5.74) is 0. The third kappa shape index (κ3) is 4.40. The van der Waals surface area contributed by atoms with Crippen molar-refractivity contribution in [3.05, 3.63) is 0 Å². The van der Waals surface area contributed by atoms with Crippen LogP contribution in [-0.4, -0.2) is 42.9 Å². The lowest BCUT2D eigenvalue weighted by Crippen LogP contribution is -2.50. The molecule has 122 valence electrons. The number of carboxylic acid groups (broad SMARTS) is 1. The lowest BCUT2D eigenvalue weighted by atomic mass is 9.81. The molecule has 0 radical (unpaired) electrons. The Morgan fingerprint density at radius 3 is 2.10 bits per heavy atom. The first-order valence-electron chi connectivity index (χ1n) is 7.78. The Morgan fingerprint density at radius 2 is 1.62 bits per heavy atom. The van der Waals surface area contributed by atoms with Gasteiger partial charge in [-0.05, 0) is 43.9 Å². The fourth-order valence-corrected chi connectivity index (χ4v) is 5.13. The van der Waals surface area contributed by atoms with Crippen LogP contribution in [0, 0.1) is 17.8 Å². The predicted octanol–water partition coefficient (Wildman–Crippen LogP) is 1.44. The van der Waals surface area contributed by atoms with Crippen LogP contribution >= 0.6 is 0 Å². The molecule has 2 aliphatic rings. The van der Waals surface area contributed by atoms with Gasteiger partial charge in [0.05, 0.1) is 5.92 Å². The van der Waals surface area contributed by atoms with E-state index in [4.69, 9.17) is 5.11 Å². The second-order valence-corrected chi connectivity index (χ2v) is 8.45. The Kier molecular flexibility index (Phi) is 5.27. The zero-order chi connectivity index (χ0) is 15.6. The van der Waals surface area contributed by atoms with Gasteiger partial charge in [-0.25, -0.2) is 0 Å². The molecule has 2 fully saturated rings. The molecule has 0 aromatic heterocycles. The summed E-state index contributed by atoms with van der Waals surface area (Å²) >= 11 is 0. The van der Waals surface area contributed by atoms with Gasteiger partial charge in [-0.1, -0.05) is 13.8 Å². The molecule has 2 N–H and O–H groups in total. The second kappa shape index (κ2) is 6.62. The Hall–Kier alpha value is -0.660. The van der Waals surface area contributed by atoms with Gasteiger partial charge in [0.25, 0.3) is 10.2 Å². The summed E-state index contributed by atoms with van der Waals surface area (Å²) in [7, 11) is -3.49. The van der Waals surface area contributed by atoms with Crippen LogP contribution in [0.5, 0.6) is 0 Å². The van der Waals surface area contributed by atoms with Crippen molar-refractivity contribution in [3.8, 4) is 0 Å². The van der Waals surface area contributed by atoms with Crippen LogP contribution in [0.1, 0.15) is 46.0 Å². The van der Waals surface area contributed by atoms with Crippen molar-refractivity contribution in [3.63, 3.8) is 0 Å². The van der Waals surface area contributed by atoms with E-state index in [2.05, 4.69) is 18.6 Å². The topological polar surface area (TPSA) is 86.7 Å². The molecule has 1 saturated heterocycles. The quantitative estimate of drug-likeness (QED) is 0.821. The maximum absolute atomic E-state index is 12.4. The first kappa shape index (κ1) is 16.7. The van der Waals surface area contributed by atoms with Crippen molar-refractivity contribution in [2.24, 2.45) is 17.8 Å². The molecule has 21 heavy (non-hydrogen) atoms. The molecule has 6 nitrogen and oxygen atoms in total. The van der Waals surface area contributed by atoms with Gasteiger partial charge in [0, 0.05) is 19.1 Å². The van der Waals surface area contributed by atoms with Crippen LogP contribution < -0.4 is 4.72 Å². The number of rotatable bonds is 4. The lowest BCUT2D eigenvalue weighted by molar-refractivity contribution is -0.142. The summed E-state index contributed by atoms with van der Waals surface area (Å²) in [5.74, 6) is -0.153. The third-order valence-corrected chi connectivity index (χ3v) is 6.31. The standard InChI is InChI=1S/C14H26N2O4S/c1-10-7-11(2)9-13(8-10)15-21(19,20)16-5-3-12(4-6-16)14(17)18/h10-13,15H,3-9H2,1-2H3,(H,17,18). The average Bonchev–Trinajstić information content (AvgIpc) is 2.37. The van der Waals surface area contributed by atoms with Crippen LogP contribution in [0.3, 0.4) is 0 Å². The minimum atomic E-state index is -3.49. The minimum absolute atomic E-state index is 0.00551. The third-order valence-electron chi connectivity index (χ3n) is 4.64. The van der Waals surface area contributed by atoms with E-state index in [9.17, 15) is 13.2 Å². The second-order valence-electron chi connectivity index (χ2n) is 6.75. The Labute approximate surface area is 127 Å². The van der Waals surface area contributed by atoms with Gasteiger partial charge in [0.1, 0.15) is 0 Å². The molecule has 0 amide bonds. The first-order valence-corrected chi connectivity index (χ1v) is 9.22. The van der Waals surface area contributed by atoms with Crippen molar-refractivity contribution in [2.75, 3.05) is 13.1 Å². The number of carboxylic acids is 1. The molecule has 1 aliphatic carbocycles. The van der Waals surface area contributed by atoms with Crippen LogP contribution in [0.15, 0.2) is 0 Å². The smallest absolute Gasteiger partial charge is 0.306 e. The first-order chi connectivity index (χ1) is 9.78. The van der Waals surface area contributed by atoms with Gasteiger partial charge >= 0.3 is 5.97 Å². The monoisotopic (exact) mass is 318 g/mol. The van der Waals surface area contributed by atoms with Crippen LogP contribution in [0.4, 0.5) is 0 Å². The van der Waals surface area contributed by atoms with E-state index < -0.39 is 22.1 Å². The molecule has 0 aromatic carbocycles. The minimum Gasteiger partial charge on any atom is -0.481 e. The largest absolute Gasteiger partial charge is 0.481 e. The van der Waals surface area contributed by atoms with E-state index in [1.807, 2.05) is 0 Å². The molecule has 7 heteroatoms. The van der Waals surface area contributed by atoms with Crippen molar-refractivity contribution in [1.29, 1.82) is 0 Å². The number of hydrogen-bond acceptors (Lipinski definition) is 3. The van der Waals surface area contributed by atoms with Gasteiger partial charge in [-0.2, -0.15) is 17.4 Å². The number of aliphatic carboxylic acids is 1. The average molecular weight is 318 g/mol. The van der Waals surface area contributed by atoms with Crippen LogP contribution in [-0.2, 0) is 15.0 Å². The highest BCUT2D eigenvalue weighted by molar-refractivity contribution is 7.87. The molecule has 1 heterocycles. The molecule has 1 saturated carbocycles. The lowest BCUT2D eigenvalue weighted by Gasteiger charge is -2.35. The summed E-state index contributed by atoms with van der Waals surface area (Å²) in [6, 6.07) is 0.00551. The summed E-state index contributed by atoms with van der Waals surface area (Å²) in [6.07, 6.45) is 3.72. The van der Waals surface area contributed by atoms with Gasteiger partial charge in [-0.3, -0.25) is 4.79 Å². The van der Waals surface area contributed by atoms with Crippen molar-refractivity contribution in [2.45, 2.75) is 52.0 Å². The molecule has 0 spiro atoms. The molecule has 1 aliphatic heterocycles. The number of hydrogen-bond donors (Lipinski definition) is 2. The van der Waals surface area contributed by atoms with Crippen LogP contribution in [0.2, 0.25) is 0 Å². The number of nitrogens with zero attached hydrogens (tertiary/aromatic N) is 1. The highest BCUT2D eigenvalue weighted by Gasteiger charge is 2.34. The van der Waals surface area contributed by atoms with Gasteiger partial charge in [0.2, 0.25) is 0 Å². The fourth-order valence-electron chi connectivity index (χ4n) is 3.67. The van der Waals surface area contributed by atoms with E-state index in [1.54, 1.807) is 0 Å². The number of nitrogens with one attached hydrogen (secondary N) is 1. The molecule has 2 atom stereocenters. The molecular weight excluding hydrogens is 292 g/mol. The van der Waals surface area contributed by atoms with E-state index in [0.717, 1.165) is 19.3 Å². The summed E-state index contributed by atoms with van der Waals surface area (Å²) in [4.78, 5) is 10.9. The zero-order valence-electron chi connectivity index (χ0n) is 12.8. The van der Waals surface area contributed by atoms with E-state index in [0.29, 0.717) is 37.8 Å². The normalized spacial score (nSPS) is 33.0. The zero-order valence-corrected chi connectivity index (χ0v) is 13.6. The van der Waals surface area contributed by atoms with E-state index in [1.165, 1.54) is 4.31 Å². The van der Waals surface area contributed by atoms with Crippen molar-refractivity contribution < 1.29 is 18.3 Å². The molecule has 0 bridgehead atoms. The van der Waals surface area contributed by atoms with E-state index >= 15 is 0 Å². The van der Waals surface area contributed by atoms with Crippen molar-refractivity contribution in [1.82, 2.24) is 9.03 Å². The Morgan fingerprint density at radius 1 is 1.10 bits per heavy atom. The Bertz CT molecular complexity index is 461. The van der Waals surface area contributed by atoms with Gasteiger partial charge < -0.3 is 5.11 Å². The molecule has 2 unspecified atom stereocenters. The number of carbonyl (C=O) groups is 1. The van der Waals surface area contributed by atoms with Gasteiger partial charge in [0.15, 0.2) is 0 Å². The molecule has 2 rings (SSSR count). The Balaban J connectivity index is 1.92.